The fourth-order valence-electron chi connectivity index (χ4n) is 1.92. The van der Waals surface area contributed by atoms with Gasteiger partial charge in [0, 0.05) is 17.5 Å². The van der Waals surface area contributed by atoms with Crippen LogP contribution < -0.4 is 5.32 Å². The van der Waals surface area contributed by atoms with Crippen LogP contribution in [-0.2, 0) is 5.75 Å². The lowest BCUT2D eigenvalue weighted by Gasteiger charge is -2.26. The van der Waals surface area contributed by atoms with Crippen LogP contribution in [0.25, 0.3) is 0 Å². The van der Waals surface area contributed by atoms with Gasteiger partial charge in [0.1, 0.15) is 5.82 Å². The van der Waals surface area contributed by atoms with Crippen molar-refractivity contribution in [3.63, 3.8) is 0 Å². The maximum absolute atomic E-state index is 13.3. The number of fused-ring (bicyclic) bond motifs is 1. The summed E-state index contributed by atoms with van der Waals surface area (Å²) in [6.07, 6.45) is 1.10. The highest BCUT2D eigenvalue weighted by Gasteiger charge is 2.21. The zero-order valence-corrected chi connectivity index (χ0v) is 10.8. The molecule has 88 valence electrons. The topological polar surface area (TPSA) is 12.0 Å². The summed E-state index contributed by atoms with van der Waals surface area (Å²) in [4.78, 5) is 0. The van der Waals surface area contributed by atoms with E-state index in [-0.39, 0.29) is 10.8 Å². The van der Waals surface area contributed by atoms with Crippen molar-refractivity contribution in [2.24, 2.45) is 0 Å². The number of halogens is 2. The molecule has 1 nitrogen and oxygen atoms in total. The van der Waals surface area contributed by atoms with Crippen LogP contribution in [0.5, 0.6) is 0 Å². The Kier molecular flexibility index (Phi) is 4.11. The van der Waals surface area contributed by atoms with Gasteiger partial charge >= 0.3 is 0 Å². The highest BCUT2D eigenvalue weighted by molar-refractivity contribution is 7.98. The molecular formula is C12H15ClFNS. The van der Waals surface area contributed by atoms with Crippen LogP contribution in [0.15, 0.2) is 12.1 Å². The third-order valence-corrected chi connectivity index (χ3v) is 4.11. The summed E-state index contributed by atoms with van der Waals surface area (Å²) < 4.78 is 13.3. The second kappa shape index (κ2) is 5.39. The molecule has 1 unspecified atom stereocenters. The Labute approximate surface area is 105 Å². The van der Waals surface area contributed by atoms with E-state index in [1.807, 2.05) is 11.8 Å². The summed E-state index contributed by atoms with van der Waals surface area (Å²) >= 11 is 7.67. The highest BCUT2D eigenvalue weighted by Crippen LogP contribution is 2.34. The molecule has 1 heterocycles. The Morgan fingerprint density at radius 2 is 2.38 bits per heavy atom. The maximum atomic E-state index is 13.3. The molecule has 0 aromatic heterocycles. The van der Waals surface area contributed by atoms with E-state index in [1.165, 1.54) is 5.56 Å². The molecule has 0 amide bonds. The quantitative estimate of drug-likeness (QED) is 0.887. The number of hydrogen-bond donors (Lipinski definition) is 1. The molecule has 16 heavy (non-hydrogen) atoms. The van der Waals surface area contributed by atoms with Gasteiger partial charge in [-0.15, -0.1) is 0 Å². The predicted molar refractivity (Wildman–Crippen MR) is 68.6 cm³/mol. The number of benzene rings is 1. The van der Waals surface area contributed by atoms with Crippen LogP contribution >= 0.6 is 23.4 Å². The van der Waals surface area contributed by atoms with E-state index in [4.69, 9.17) is 11.6 Å². The lowest BCUT2D eigenvalue weighted by molar-refractivity contribution is 0.566. The second-order valence-corrected chi connectivity index (χ2v) is 5.42. The van der Waals surface area contributed by atoms with Crippen LogP contribution in [0.4, 0.5) is 4.39 Å². The first-order valence-corrected chi connectivity index (χ1v) is 7.04. The van der Waals surface area contributed by atoms with Crippen molar-refractivity contribution in [3.05, 3.63) is 34.1 Å². The minimum atomic E-state index is -0.308. The molecule has 0 saturated heterocycles. The van der Waals surface area contributed by atoms with Crippen LogP contribution in [0.3, 0.4) is 0 Å². The Balaban J connectivity index is 2.27. The van der Waals surface area contributed by atoms with E-state index in [2.05, 4.69) is 12.2 Å². The lowest BCUT2D eigenvalue weighted by atomic mass is 10.0. The van der Waals surface area contributed by atoms with Crippen molar-refractivity contribution in [3.8, 4) is 0 Å². The third kappa shape index (κ3) is 2.53. The van der Waals surface area contributed by atoms with E-state index in [0.717, 1.165) is 30.0 Å². The van der Waals surface area contributed by atoms with Gasteiger partial charge in [-0.2, -0.15) is 11.8 Å². The van der Waals surface area contributed by atoms with E-state index in [1.54, 1.807) is 12.1 Å². The first-order chi connectivity index (χ1) is 7.72. The zero-order valence-electron chi connectivity index (χ0n) is 9.22. The molecule has 0 aliphatic carbocycles. The van der Waals surface area contributed by atoms with E-state index in [9.17, 15) is 4.39 Å². The largest absolute Gasteiger partial charge is 0.309 e. The summed E-state index contributed by atoms with van der Waals surface area (Å²) in [5.74, 6) is 1.61. The van der Waals surface area contributed by atoms with Gasteiger partial charge in [-0.3, -0.25) is 0 Å². The number of rotatable bonds is 3. The first-order valence-electron chi connectivity index (χ1n) is 5.51. The number of hydrogen-bond acceptors (Lipinski definition) is 2. The van der Waals surface area contributed by atoms with Gasteiger partial charge in [-0.1, -0.05) is 18.5 Å². The van der Waals surface area contributed by atoms with Crippen LogP contribution in [0.2, 0.25) is 5.02 Å². The Morgan fingerprint density at radius 3 is 3.12 bits per heavy atom. The normalized spacial score (nSPS) is 19.6. The van der Waals surface area contributed by atoms with E-state index < -0.39 is 0 Å². The second-order valence-electron chi connectivity index (χ2n) is 3.99. The van der Waals surface area contributed by atoms with E-state index >= 15 is 0 Å². The number of nitrogens with one attached hydrogen (secondary N) is 1. The molecule has 1 N–H and O–H groups in total. The van der Waals surface area contributed by atoms with E-state index in [0.29, 0.717) is 6.04 Å². The van der Waals surface area contributed by atoms with Gasteiger partial charge in [0.25, 0.3) is 0 Å². The summed E-state index contributed by atoms with van der Waals surface area (Å²) in [6.45, 7) is 3.13. The minimum absolute atomic E-state index is 0.231. The summed E-state index contributed by atoms with van der Waals surface area (Å²) in [7, 11) is 0. The molecule has 0 spiro atoms. The molecule has 0 radical (unpaired) electrons. The zero-order chi connectivity index (χ0) is 11.5. The summed E-state index contributed by atoms with van der Waals surface area (Å²) in [5.41, 5.74) is 2.24. The highest BCUT2D eigenvalue weighted by atomic mass is 35.5. The Hall–Kier alpha value is -0.250. The monoisotopic (exact) mass is 259 g/mol. The fraction of sp³-hybridized carbons (Fsp3) is 0.500. The molecule has 1 aliphatic rings. The van der Waals surface area contributed by atoms with Gasteiger partial charge < -0.3 is 5.32 Å². The molecule has 1 aliphatic heterocycles. The van der Waals surface area contributed by atoms with Gasteiger partial charge in [-0.25, -0.2) is 4.39 Å². The Bertz CT molecular complexity index is 384. The molecule has 1 aromatic carbocycles. The van der Waals surface area contributed by atoms with Crippen molar-refractivity contribution in [1.82, 2.24) is 5.32 Å². The van der Waals surface area contributed by atoms with Crippen molar-refractivity contribution in [2.75, 3.05) is 12.3 Å². The molecule has 4 heteroatoms. The molecule has 1 aromatic rings. The standard InChI is InChI=1S/C12H15ClFNS/c1-2-3-15-12-7-16-6-8-4-11(14)10(13)5-9(8)12/h4-5,12,15H,2-3,6-7H2,1H3. The summed E-state index contributed by atoms with van der Waals surface area (Å²) in [5, 5.41) is 3.70. The minimum Gasteiger partial charge on any atom is -0.309 e. The van der Waals surface area contributed by atoms with Crippen molar-refractivity contribution in [1.29, 1.82) is 0 Å². The van der Waals surface area contributed by atoms with Crippen molar-refractivity contribution < 1.29 is 4.39 Å². The predicted octanol–water partition coefficient (Wildman–Crippen LogP) is 3.77. The molecule has 1 atom stereocenters. The van der Waals surface area contributed by atoms with Crippen LogP contribution in [-0.4, -0.2) is 12.3 Å². The average molecular weight is 260 g/mol. The molecule has 0 saturated carbocycles. The third-order valence-electron chi connectivity index (χ3n) is 2.74. The molecule has 0 bridgehead atoms. The average Bonchev–Trinajstić information content (AvgIpc) is 2.28. The van der Waals surface area contributed by atoms with Gasteiger partial charge in [0.05, 0.1) is 5.02 Å². The van der Waals surface area contributed by atoms with Crippen molar-refractivity contribution in [2.45, 2.75) is 25.1 Å². The summed E-state index contributed by atoms with van der Waals surface area (Å²) in [6, 6.07) is 3.66. The number of thioether (sulfide) groups is 1. The van der Waals surface area contributed by atoms with Crippen molar-refractivity contribution >= 4 is 23.4 Å². The van der Waals surface area contributed by atoms with Gasteiger partial charge in [0.15, 0.2) is 0 Å². The van der Waals surface area contributed by atoms with Gasteiger partial charge in [-0.05, 0) is 36.2 Å². The maximum Gasteiger partial charge on any atom is 0.142 e. The van der Waals surface area contributed by atoms with Crippen LogP contribution in [0.1, 0.15) is 30.5 Å². The smallest absolute Gasteiger partial charge is 0.142 e. The first kappa shape index (κ1) is 12.2. The van der Waals surface area contributed by atoms with Gasteiger partial charge in [0.2, 0.25) is 0 Å². The fourth-order valence-corrected chi connectivity index (χ4v) is 3.21. The molecular weight excluding hydrogens is 245 g/mol. The lowest BCUT2D eigenvalue weighted by Crippen LogP contribution is -2.27. The van der Waals surface area contributed by atoms with Crippen LogP contribution in [0, 0.1) is 5.82 Å². The molecule has 0 fully saturated rings. The Morgan fingerprint density at radius 1 is 1.56 bits per heavy atom. The SMILES string of the molecule is CCCNC1CSCc2cc(F)c(Cl)cc21. The molecule has 2 rings (SSSR count).